The molecule has 0 fully saturated rings. The maximum absolute atomic E-state index is 6.01. The van der Waals surface area contributed by atoms with E-state index < -0.39 is 0 Å². The fourth-order valence-corrected chi connectivity index (χ4v) is 4.45. The quantitative estimate of drug-likeness (QED) is 0.210. The van der Waals surface area contributed by atoms with Gasteiger partial charge in [-0.25, -0.2) is 0 Å². The van der Waals surface area contributed by atoms with Crippen LogP contribution in [0.15, 0.2) is 73.5 Å². The molecule has 0 saturated heterocycles. The Morgan fingerprint density at radius 1 is 0.727 bits per heavy atom. The molecule has 3 heteroatoms. The molecule has 0 aliphatic heterocycles. The highest BCUT2D eigenvalue weighted by Crippen LogP contribution is 2.47. The lowest BCUT2D eigenvalue weighted by molar-refractivity contribution is 0.209. The van der Waals surface area contributed by atoms with Gasteiger partial charge in [-0.15, -0.1) is 0 Å². The molecule has 0 spiro atoms. The third-order valence-electron chi connectivity index (χ3n) is 6.30. The van der Waals surface area contributed by atoms with Gasteiger partial charge in [-0.1, -0.05) is 63.6 Å². The summed E-state index contributed by atoms with van der Waals surface area (Å²) in [6.07, 6.45) is 5.84. The summed E-state index contributed by atoms with van der Waals surface area (Å²) in [6, 6.07) is 21.7. The van der Waals surface area contributed by atoms with E-state index in [1.165, 1.54) is 52.5 Å². The standard InChI is InChI=1S/C30H34O3/c1-4-6-7-18-33-26-14-16-28-27-15-11-24(20-29(27)22(3)30(28)21-26)23-9-12-25(13-10-23)32-19-8-17-31-5-2/h5,9-16,20-22H,2,4,6-8,17-19H2,1,3H3. The van der Waals surface area contributed by atoms with E-state index in [0.717, 1.165) is 30.9 Å². The second kappa shape index (κ2) is 11.1. The summed E-state index contributed by atoms with van der Waals surface area (Å²) in [7, 11) is 0. The Kier molecular flexibility index (Phi) is 7.72. The molecule has 3 aromatic carbocycles. The minimum Gasteiger partial charge on any atom is -0.502 e. The highest BCUT2D eigenvalue weighted by Gasteiger charge is 2.26. The number of rotatable bonds is 12. The van der Waals surface area contributed by atoms with Crippen LogP contribution in [-0.4, -0.2) is 19.8 Å². The van der Waals surface area contributed by atoms with E-state index in [0.29, 0.717) is 19.1 Å². The van der Waals surface area contributed by atoms with Crippen molar-refractivity contribution in [2.45, 2.75) is 45.4 Å². The Morgan fingerprint density at radius 2 is 1.36 bits per heavy atom. The predicted octanol–water partition coefficient (Wildman–Crippen LogP) is 7.98. The number of benzene rings is 3. The lowest BCUT2D eigenvalue weighted by Crippen LogP contribution is -2.00. The molecule has 0 heterocycles. The Bertz CT molecular complexity index is 1070. The van der Waals surface area contributed by atoms with E-state index >= 15 is 0 Å². The van der Waals surface area contributed by atoms with Crippen molar-refractivity contribution in [1.82, 2.24) is 0 Å². The maximum Gasteiger partial charge on any atom is 0.119 e. The number of hydrogen-bond donors (Lipinski definition) is 0. The Morgan fingerprint density at radius 3 is 2.12 bits per heavy atom. The average Bonchev–Trinajstić information content (AvgIpc) is 3.13. The van der Waals surface area contributed by atoms with E-state index in [9.17, 15) is 0 Å². The Labute approximate surface area is 198 Å². The van der Waals surface area contributed by atoms with Crippen LogP contribution in [0.5, 0.6) is 11.5 Å². The first-order valence-corrected chi connectivity index (χ1v) is 12.1. The fraction of sp³-hybridized carbons (Fsp3) is 0.333. The summed E-state index contributed by atoms with van der Waals surface area (Å²) in [5, 5.41) is 0. The van der Waals surface area contributed by atoms with E-state index in [1.807, 2.05) is 12.1 Å². The van der Waals surface area contributed by atoms with Gasteiger partial charge in [-0.3, -0.25) is 0 Å². The fourth-order valence-electron chi connectivity index (χ4n) is 4.45. The van der Waals surface area contributed by atoms with Crippen LogP contribution in [0.25, 0.3) is 22.3 Å². The van der Waals surface area contributed by atoms with Crippen LogP contribution in [0.3, 0.4) is 0 Å². The Balaban J connectivity index is 1.44. The van der Waals surface area contributed by atoms with E-state index in [-0.39, 0.29) is 0 Å². The van der Waals surface area contributed by atoms with Crippen molar-refractivity contribution in [2.24, 2.45) is 0 Å². The molecule has 0 radical (unpaired) electrons. The van der Waals surface area contributed by atoms with Crippen LogP contribution in [0.1, 0.15) is 56.6 Å². The zero-order valence-electron chi connectivity index (χ0n) is 19.8. The first-order chi connectivity index (χ1) is 16.2. The zero-order chi connectivity index (χ0) is 23.0. The summed E-state index contributed by atoms with van der Waals surface area (Å²) in [4.78, 5) is 0. The molecule has 1 aliphatic carbocycles. The highest BCUT2D eigenvalue weighted by molar-refractivity contribution is 5.82. The normalized spacial score (nSPS) is 13.8. The van der Waals surface area contributed by atoms with E-state index in [1.54, 1.807) is 0 Å². The summed E-state index contributed by atoms with van der Waals surface area (Å²) in [6.45, 7) is 10.1. The largest absolute Gasteiger partial charge is 0.502 e. The summed E-state index contributed by atoms with van der Waals surface area (Å²) in [5.41, 5.74) is 7.83. The van der Waals surface area contributed by atoms with Crippen LogP contribution in [0.2, 0.25) is 0 Å². The van der Waals surface area contributed by atoms with Crippen LogP contribution in [-0.2, 0) is 4.74 Å². The number of fused-ring (bicyclic) bond motifs is 3. The van der Waals surface area contributed by atoms with Gasteiger partial charge >= 0.3 is 0 Å². The van der Waals surface area contributed by atoms with Crippen molar-refractivity contribution < 1.29 is 14.2 Å². The predicted molar refractivity (Wildman–Crippen MR) is 136 cm³/mol. The molecule has 0 aromatic heterocycles. The van der Waals surface area contributed by atoms with Crippen molar-refractivity contribution in [2.75, 3.05) is 19.8 Å². The second-order valence-corrected chi connectivity index (χ2v) is 8.59. The molecule has 3 aromatic rings. The summed E-state index contributed by atoms with van der Waals surface area (Å²) < 4.78 is 16.9. The summed E-state index contributed by atoms with van der Waals surface area (Å²) >= 11 is 0. The topological polar surface area (TPSA) is 27.7 Å². The molecule has 1 aliphatic rings. The molecule has 0 N–H and O–H groups in total. The number of ether oxygens (including phenoxy) is 3. The monoisotopic (exact) mass is 442 g/mol. The van der Waals surface area contributed by atoms with Crippen molar-refractivity contribution in [3.63, 3.8) is 0 Å². The number of unbranched alkanes of at least 4 members (excludes halogenated alkanes) is 2. The molecule has 3 nitrogen and oxygen atoms in total. The molecule has 0 amide bonds. The smallest absolute Gasteiger partial charge is 0.119 e. The van der Waals surface area contributed by atoms with Crippen LogP contribution < -0.4 is 9.47 Å². The van der Waals surface area contributed by atoms with Gasteiger partial charge in [-0.2, -0.15) is 0 Å². The lowest BCUT2D eigenvalue weighted by atomic mass is 9.95. The van der Waals surface area contributed by atoms with Gasteiger partial charge in [0.1, 0.15) is 11.5 Å². The Hall–Kier alpha value is -3.20. The minimum absolute atomic E-state index is 0.356. The van der Waals surface area contributed by atoms with Crippen molar-refractivity contribution in [3.8, 4) is 33.8 Å². The molecule has 0 saturated carbocycles. The zero-order valence-corrected chi connectivity index (χ0v) is 19.8. The van der Waals surface area contributed by atoms with Gasteiger partial charge in [0, 0.05) is 12.3 Å². The molecule has 33 heavy (non-hydrogen) atoms. The lowest BCUT2D eigenvalue weighted by Gasteiger charge is -2.11. The molecule has 1 atom stereocenters. The van der Waals surface area contributed by atoms with Crippen molar-refractivity contribution >= 4 is 0 Å². The first-order valence-electron chi connectivity index (χ1n) is 12.1. The van der Waals surface area contributed by atoms with Crippen LogP contribution in [0.4, 0.5) is 0 Å². The third-order valence-corrected chi connectivity index (χ3v) is 6.30. The SMILES string of the molecule is C=COCCCOc1ccc(-c2ccc3c(c2)C(C)c2cc(OCCCCC)ccc2-3)cc1. The van der Waals surface area contributed by atoms with E-state index in [2.05, 4.69) is 69.0 Å². The minimum atomic E-state index is 0.356. The molecule has 4 rings (SSSR count). The van der Waals surface area contributed by atoms with Gasteiger partial charge < -0.3 is 14.2 Å². The number of hydrogen-bond acceptors (Lipinski definition) is 3. The highest BCUT2D eigenvalue weighted by atomic mass is 16.5. The molecule has 0 bridgehead atoms. The molecular weight excluding hydrogens is 408 g/mol. The average molecular weight is 443 g/mol. The van der Waals surface area contributed by atoms with E-state index in [4.69, 9.17) is 14.2 Å². The molecule has 172 valence electrons. The van der Waals surface area contributed by atoms with Crippen molar-refractivity contribution in [1.29, 1.82) is 0 Å². The summed E-state index contributed by atoms with van der Waals surface area (Å²) in [5.74, 6) is 2.22. The van der Waals surface area contributed by atoms with Gasteiger partial charge in [0.2, 0.25) is 0 Å². The first kappa shape index (κ1) is 23.0. The van der Waals surface area contributed by atoms with Crippen LogP contribution >= 0.6 is 0 Å². The van der Waals surface area contributed by atoms with Crippen LogP contribution in [0, 0.1) is 0 Å². The third kappa shape index (κ3) is 5.42. The van der Waals surface area contributed by atoms with Gasteiger partial charge in [0.25, 0.3) is 0 Å². The van der Waals surface area contributed by atoms with Gasteiger partial charge in [0.05, 0.1) is 26.1 Å². The molecular formula is C30H34O3. The van der Waals surface area contributed by atoms with Gasteiger partial charge in [0.15, 0.2) is 0 Å². The van der Waals surface area contributed by atoms with Crippen molar-refractivity contribution in [3.05, 3.63) is 84.6 Å². The van der Waals surface area contributed by atoms with Gasteiger partial charge in [-0.05, 0) is 70.1 Å². The second-order valence-electron chi connectivity index (χ2n) is 8.59. The molecule has 1 unspecified atom stereocenters. The maximum atomic E-state index is 6.01.